The lowest BCUT2D eigenvalue weighted by molar-refractivity contribution is 0.0697. The first kappa shape index (κ1) is 15.4. The summed E-state index contributed by atoms with van der Waals surface area (Å²) < 4.78 is 11.1. The summed E-state index contributed by atoms with van der Waals surface area (Å²) in [5, 5.41) is 13.0. The number of aromatic nitrogens is 2. The van der Waals surface area contributed by atoms with Crippen LogP contribution in [0.25, 0.3) is 10.9 Å². The third-order valence-corrected chi connectivity index (χ3v) is 3.92. The van der Waals surface area contributed by atoms with Crippen molar-refractivity contribution >= 4 is 33.5 Å². The van der Waals surface area contributed by atoms with E-state index in [1.54, 1.807) is 12.3 Å². The monoisotopic (exact) mass is 307 g/mol. The van der Waals surface area contributed by atoms with Crippen molar-refractivity contribution in [2.45, 2.75) is 19.4 Å². The Morgan fingerprint density at radius 3 is 2.86 bits per heavy atom. The SMILES string of the molecule is CC(CCS(C)=O)Nc1ncnc2cc(C(=O)O)ccc12. The number of nitrogens with one attached hydrogen (secondary N) is 1. The Morgan fingerprint density at radius 1 is 1.43 bits per heavy atom. The second-order valence-electron chi connectivity index (χ2n) is 4.87. The van der Waals surface area contributed by atoms with E-state index in [-0.39, 0.29) is 11.6 Å². The highest BCUT2D eigenvalue weighted by atomic mass is 32.2. The van der Waals surface area contributed by atoms with E-state index in [0.29, 0.717) is 17.1 Å². The lowest BCUT2D eigenvalue weighted by atomic mass is 10.1. The number of hydrogen-bond acceptors (Lipinski definition) is 5. The van der Waals surface area contributed by atoms with Gasteiger partial charge in [-0.15, -0.1) is 0 Å². The van der Waals surface area contributed by atoms with Crippen molar-refractivity contribution in [1.82, 2.24) is 9.97 Å². The van der Waals surface area contributed by atoms with Crippen LogP contribution in [0, 0.1) is 0 Å². The molecule has 0 aliphatic heterocycles. The summed E-state index contributed by atoms with van der Waals surface area (Å²) in [6.45, 7) is 1.99. The van der Waals surface area contributed by atoms with E-state index in [4.69, 9.17) is 5.11 Å². The maximum absolute atomic E-state index is 11.1. The molecule has 0 saturated carbocycles. The van der Waals surface area contributed by atoms with Crippen LogP contribution in [0.3, 0.4) is 0 Å². The van der Waals surface area contributed by atoms with E-state index in [1.807, 2.05) is 6.92 Å². The molecule has 0 amide bonds. The molecule has 2 rings (SSSR count). The normalized spacial score (nSPS) is 13.8. The Labute approximate surface area is 125 Å². The molecule has 6 nitrogen and oxygen atoms in total. The van der Waals surface area contributed by atoms with Gasteiger partial charge >= 0.3 is 5.97 Å². The predicted octanol–water partition coefficient (Wildman–Crippen LogP) is 1.90. The van der Waals surface area contributed by atoms with E-state index in [9.17, 15) is 9.00 Å². The molecule has 2 aromatic rings. The zero-order chi connectivity index (χ0) is 15.4. The van der Waals surface area contributed by atoms with Gasteiger partial charge in [-0.25, -0.2) is 14.8 Å². The number of nitrogens with zero attached hydrogens (tertiary/aromatic N) is 2. The van der Waals surface area contributed by atoms with Crippen LogP contribution in [0.4, 0.5) is 5.82 Å². The molecule has 2 N–H and O–H groups in total. The van der Waals surface area contributed by atoms with E-state index in [0.717, 1.165) is 11.8 Å². The Kier molecular flexibility index (Phi) is 4.85. The Morgan fingerprint density at radius 2 is 2.19 bits per heavy atom. The average Bonchev–Trinajstić information content (AvgIpc) is 2.45. The summed E-state index contributed by atoms with van der Waals surface area (Å²) in [7, 11) is -0.818. The predicted molar refractivity (Wildman–Crippen MR) is 83.1 cm³/mol. The average molecular weight is 307 g/mol. The highest BCUT2D eigenvalue weighted by Crippen LogP contribution is 2.21. The van der Waals surface area contributed by atoms with Gasteiger partial charge in [-0.2, -0.15) is 0 Å². The minimum absolute atomic E-state index is 0.117. The molecule has 1 aromatic heterocycles. The van der Waals surface area contributed by atoms with Gasteiger partial charge in [0.2, 0.25) is 0 Å². The first-order valence-corrected chi connectivity index (χ1v) is 8.24. The largest absolute Gasteiger partial charge is 0.478 e. The standard InChI is InChI=1S/C14H17N3O3S/c1-9(5-6-21(2)20)17-13-11-4-3-10(14(18)19)7-12(11)15-8-16-13/h3-4,7-9H,5-6H2,1-2H3,(H,18,19)(H,15,16,17). The van der Waals surface area contributed by atoms with Crippen molar-refractivity contribution < 1.29 is 14.1 Å². The summed E-state index contributed by atoms with van der Waals surface area (Å²) in [6, 6.07) is 4.87. The molecular formula is C14H17N3O3S. The summed E-state index contributed by atoms with van der Waals surface area (Å²) in [5.74, 6) is 0.301. The molecule has 1 aromatic carbocycles. The number of benzene rings is 1. The molecule has 0 saturated heterocycles. The van der Waals surface area contributed by atoms with E-state index in [1.165, 1.54) is 18.5 Å². The number of aromatic carboxylic acids is 1. The van der Waals surface area contributed by atoms with Crippen LogP contribution in [0.15, 0.2) is 24.5 Å². The van der Waals surface area contributed by atoms with E-state index in [2.05, 4.69) is 15.3 Å². The quantitative estimate of drug-likeness (QED) is 0.847. The fourth-order valence-electron chi connectivity index (χ4n) is 1.95. The fraction of sp³-hybridized carbons (Fsp3) is 0.357. The zero-order valence-corrected chi connectivity index (χ0v) is 12.7. The van der Waals surface area contributed by atoms with Gasteiger partial charge in [-0.1, -0.05) is 0 Å². The first-order chi connectivity index (χ1) is 9.97. The molecule has 2 atom stereocenters. The van der Waals surface area contributed by atoms with Gasteiger partial charge in [0.05, 0.1) is 11.1 Å². The smallest absolute Gasteiger partial charge is 0.335 e. The van der Waals surface area contributed by atoms with Crippen molar-refractivity contribution in [2.24, 2.45) is 0 Å². The lowest BCUT2D eigenvalue weighted by Gasteiger charge is -2.15. The molecule has 0 bridgehead atoms. The molecule has 0 spiro atoms. The third kappa shape index (κ3) is 3.98. The highest BCUT2D eigenvalue weighted by Gasteiger charge is 2.10. The van der Waals surface area contributed by atoms with Crippen LogP contribution in [-0.4, -0.2) is 43.3 Å². The number of carboxylic acids is 1. The maximum Gasteiger partial charge on any atom is 0.335 e. The topological polar surface area (TPSA) is 92.2 Å². The molecule has 0 aliphatic rings. The van der Waals surface area contributed by atoms with Gasteiger partial charge < -0.3 is 10.4 Å². The van der Waals surface area contributed by atoms with Crippen molar-refractivity contribution in [2.75, 3.05) is 17.3 Å². The molecule has 1 heterocycles. The molecule has 0 radical (unpaired) electrons. The summed E-state index contributed by atoms with van der Waals surface area (Å²) >= 11 is 0. The lowest BCUT2D eigenvalue weighted by Crippen LogP contribution is -2.19. The number of anilines is 1. The summed E-state index contributed by atoms with van der Waals surface area (Å²) in [5.41, 5.74) is 0.778. The third-order valence-electron chi connectivity index (χ3n) is 3.10. The number of carboxylic acid groups (broad SMARTS) is 1. The van der Waals surface area contributed by atoms with Crippen LogP contribution in [0.1, 0.15) is 23.7 Å². The molecule has 0 fully saturated rings. The highest BCUT2D eigenvalue weighted by molar-refractivity contribution is 7.84. The Hall–Kier alpha value is -2.02. The van der Waals surface area contributed by atoms with Crippen molar-refractivity contribution in [3.8, 4) is 0 Å². The first-order valence-electron chi connectivity index (χ1n) is 6.52. The molecule has 0 aliphatic carbocycles. The van der Waals surface area contributed by atoms with Crippen LogP contribution >= 0.6 is 0 Å². The Bertz CT molecular complexity index is 690. The minimum atomic E-state index is -0.983. The van der Waals surface area contributed by atoms with Crippen LogP contribution in [0.2, 0.25) is 0 Å². The number of fused-ring (bicyclic) bond motifs is 1. The molecule has 21 heavy (non-hydrogen) atoms. The zero-order valence-electron chi connectivity index (χ0n) is 11.9. The number of hydrogen-bond donors (Lipinski definition) is 2. The minimum Gasteiger partial charge on any atom is -0.478 e. The van der Waals surface area contributed by atoms with Gasteiger partial charge in [0, 0.05) is 34.2 Å². The molecule has 2 unspecified atom stereocenters. The van der Waals surface area contributed by atoms with Gasteiger partial charge in [0.15, 0.2) is 0 Å². The number of carbonyl (C=O) groups is 1. The van der Waals surface area contributed by atoms with Crippen molar-refractivity contribution in [3.05, 3.63) is 30.1 Å². The second kappa shape index (κ2) is 6.62. The van der Waals surface area contributed by atoms with Crippen LogP contribution in [-0.2, 0) is 10.8 Å². The van der Waals surface area contributed by atoms with Gasteiger partial charge in [-0.05, 0) is 31.5 Å². The van der Waals surface area contributed by atoms with Gasteiger partial charge in [-0.3, -0.25) is 4.21 Å². The maximum atomic E-state index is 11.1. The second-order valence-corrected chi connectivity index (χ2v) is 6.43. The van der Waals surface area contributed by atoms with Crippen molar-refractivity contribution in [3.63, 3.8) is 0 Å². The Balaban J connectivity index is 2.24. The summed E-state index contributed by atoms with van der Waals surface area (Å²) in [4.78, 5) is 19.3. The molecular weight excluding hydrogens is 290 g/mol. The van der Waals surface area contributed by atoms with Gasteiger partial charge in [0.25, 0.3) is 0 Å². The molecule has 112 valence electrons. The van der Waals surface area contributed by atoms with E-state index < -0.39 is 16.8 Å². The van der Waals surface area contributed by atoms with Crippen molar-refractivity contribution in [1.29, 1.82) is 0 Å². The van der Waals surface area contributed by atoms with Crippen LogP contribution < -0.4 is 5.32 Å². The van der Waals surface area contributed by atoms with Crippen LogP contribution in [0.5, 0.6) is 0 Å². The fourth-order valence-corrected chi connectivity index (χ4v) is 2.64. The molecule has 7 heteroatoms. The van der Waals surface area contributed by atoms with E-state index >= 15 is 0 Å². The van der Waals surface area contributed by atoms with Gasteiger partial charge in [0.1, 0.15) is 12.1 Å². The number of rotatable bonds is 6. The summed E-state index contributed by atoms with van der Waals surface area (Å²) in [6.07, 6.45) is 3.85.